The van der Waals surface area contributed by atoms with Crippen LogP contribution in [0.3, 0.4) is 0 Å². The van der Waals surface area contributed by atoms with Gasteiger partial charge in [0.25, 0.3) is 0 Å². The highest BCUT2D eigenvalue weighted by atomic mass is 127. The zero-order valence-electron chi connectivity index (χ0n) is 10.5. The number of nitrogens with zero attached hydrogens (tertiary/aromatic N) is 1. The van der Waals surface area contributed by atoms with E-state index in [-0.39, 0.29) is 0 Å². The van der Waals surface area contributed by atoms with Gasteiger partial charge >= 0.3 is 0 Å². The van der Waals surface area contributed by atoms with Gasteiger partial charge in [0.05, 0.1) is 11.4 Å². The molecular formula is C14H21IN2. The number of nitrogen functional groups attached to an aromatic ring is 1. The maximum atomic E-state index is 6.16. The molecule has 94 valence electrons. The topological polar surface area (TPSA) is 29.3 Å². The quantitative estimate of drug-likeness (QED) is 0.663. The van der Waals surface area contributed by atoms with Crippen LogP contribution in [-0.2, 0) is 0 Å². The second-order valence-corrected chi connectivity index (χ2v) is 6.08. The van der Waals surface area contributed by atoms with E-state index in [2.05, 4.69) is 52.6 Å². The highest BCUT2D eigenvalue weighted by molar-refractivity contribution is 14.1. The fourth-order valence-corrected chi connectivity index (χ4v) is 3.25. The van der Waals surface area contributed by atoms with Crippen LogP contribution in [0.1, 0.15) is 39.0 Å². The van der Waals surface area contributed by atoms with Crippen molar-refractivity contribution in [2.75, 3.05) is 17.2 Å². The summed E-state index contributed by atoms with van der Waals surface area (Å²) in [6.07, 6.45) is 6.52. The molecule has 1 aliphatic heterocycles. The van der Waals surface area contributed by atoms with Crippen molar-refractivity contribution in [2.24, 2.45) is 0 Å². The molecule has 1 unspecified atom stereocenters. The summed E-state index contributed by atoms with van der Waals surface area (Å²) in [4.78, 5) is 2.53. The van der Waals surface area contributed by atoms with Gasteiger partial charge in [-0.25, -0.2) is 0 Å². The van der Waals surface area contributed by atoms with E-state index >= 15 is 0 Å². The normalized spacial score (nSPS) is 20.6. The SMILES string of the molecule is CCCC1CCCCN1c1ccc(I)cc1N. The molecule has 1 heterocycles. The third-order valence-corrected chi connectivity index (χ3v) is 4.22. The minimum Gasteiger partial charge on any atom is -0.397 e. The molecule has 0 aliphatic carbocycles. The van der Waals surface area contributed by atoms with Crippen LogP contribution in [0.4, 0.5) is 11.4 Å². The van der Waals surface area contributed by atoms with Gasteiger partial charge in [-0.15, -0.1) is 0 Å². The fraction of sp³-hybridized carbons (Fsp3) is 0.571. The zero-order valence-corrected chi connectivity index (χ0v) is 12.6. The molecular weight excluding hydrogens is 323 g/mol. The Balaban J connectivity index is 2.23. The average molecular weight is 344 g/mol. The first kappa shape index (κ1) is 13.0. The maximum Gasteiger partial charge on any atom is 0.0603 e. The Hall–Kier alpha value is -0.450. The van der Waals surface area contributed by atoms with E-state index in [0.717, 1.165) is 12.2 Å². The minimum absolute atomic E-state index is 0.691. The van der Waals surface area contributed by atoms with Crippen LogP contribution in [0.25, 0.3) is 0 Å². The molecule has 2 N–H and O–H groups in total. The summed E-state index contributed by atoms with van der Waals surface area (Å²) in [5.74, 6) is 0. The first-order chi connectivity index (χ1) is 8.22. The molecule has 0 amide bonds. The number of hydrogen-bond acceptors (Lipinski definition) is 2. The van der Waals surface area contributed by atoms with Crippen LogP contribution in [0.15, 0.2) is 18.2 Å². The third-order valence-electron chi connectivity index (χ3n) is 3.55. The number of nitrogens with two attached hydrogens (primary N) is 1. The van der Waals surface area contributed by atoms with Crippen molar-refractivity contribution < 1.29 is 0 Å². The summed E-state index contributed by atoms with van der Waals surface area (Å²) in [6.45, 7) is 3.43. The highest BCUT2D eigenvalue weighted by Crippen LogP contribution is 2.32. The fourth-order valence-electron chi connectivity index (χ4n) is 2.74. The van der Waals surface area contributed by atoms with Gasteiger partial charge in [-0.1, -0.05) is 13.3 Å². The van der Waals surface area contributed by atoms with Gasteiger partial charge in [-0.05, 0) is 66.5 Å². The van der Waals surface area contributed by atoms with Crippen molar-refractivity contribution in [1.29, 1.82) is 0 Å². The lowest BCUT2D eigenvalue weighted by Gasteiger charge is -2.38. The van der Waals surface area contributed by atoms with Crippen molar-refractivity contribution in [3.8, 4) is 0 Å². The summed E-state index contributed by atoms with van der Waals surface area (Å²) in [6, 6.07) is 7.11. The molecule has 1 aromatic rings. The van der Waals surface area contributed by atoms with Crippen molar-refractivity contribution in [1.82, 2.24) is 0 Å². The summed E-state index contributed by atoms with van der Waals surface area (Å²) in [5, 5.41) is 0. The molecule has 0 radical (unpaired) electrons. The molecule has 2 nitrogen and oxygen atoms in total. The Bertz CT molecular complexity index is 376. The molecule has 17 heavy (non-hydrogen) atoms. The number of halogens is 1. The smallest absolute Gasteiger partial charge is 0.0603 e. The van der Waals surface area contributed by atoms with Gasteiger partial charge in [0, 0.05) is 16.2 Å². The van der Waals surface area contributed by atoms with Crippen LogP contribution in [-0.4, -0.2) is 12.6 Å². The average Bonchev–Trinajstić information content (AvgIpc) is 2.31. The standard InChI is InChI=1S/C14H21IN2/c1-2-5-12-6-3-4-9-17(12)14-8-7-11(15)10-13(14)16/h7-8,10,12H,2-6,9,16H2,1H3. The number of piperidine rings is 1. The van der Waals surface area contributed by atoms with Crippen molar-refractivity contribution in [3.63, 3.8) is 0 Å². The van der Waals surface area contributed by atoms with Crippen molar-refractivity contribution in [3.05, 3.63) is 21.8 Å². The Morgan fingerprint density at radius 1 is 1.41 bits per heavy atom. The van der Waals surface area contributed by atoms with E-state index in [1.54, 1.807) is 0 Å². The van der Waals surface area contributed by atoms with E-state index in [1.807, 2.05) is 0 Å². The number of anilines is 2. The molecule has 1 atom stereocenters. The number of rotatable bonds is 3. The van der Waals surface area contributed by atoms with E-state index in [9.17, 15) is 0 Å². The van der Waals surface area contributed by atoms with E-state index < -0.39 is 0 Å². The molecule has 1 aliphatic rings. The Morgan fingerprint density at radius 2 is 2.24 bits per heavy atom. The predicted octanol–water partition coefficient (Wildman–Crippen LogP) is 4.03. The van der Waals surface area contributed by atoms with Crippen LogP contribution in [0, 0.1) is 3.57 Å². The molecule has 1 saturated heterocycles. The van der Waals surface area contributed by atoms with Gasteiger partial charge in [0.2, 0.25) is 0 Å². The Kier molecular flexibility index (Phi) is 4.54. The molecule has 1 aromatic carbocycles. The molecule has 3 heteroatoms. The molecule has 0 bridgehead atoms. The van der Waals surface area contributed by atoms with Gasteiger partial charge in [-0.3, -0.25) is 0 Å². The third kappa shape index (κ3) is 3.06. The van der Waals surface area contributed by atoms with Gasteiger partial charge in [0.15, 0.2) is 0 Å². The number of hydrogen-bond donors (Lipinski definition) is 1. The number of benzene rings is 1. The summed E-state index contributed by atoms with van der Waals surface area (Å²) in [7, 11) is 0. The molecule has 0 aromatic heterocycles. The lowest BCUT2D eigenvalue weighted by Crippen LogP contribution is -2.39. The molecule has 1 fully saturated rings. The summed E-state index contributed by atoms with van der Waals surface area (Å²) < 4.78 is 1.22. The van der Waals surface area contributed by atoms with Crippen molar-refractivity contribution in [2.45, 2.75) is 45.1 Å². The zero-order chi connectivity index (χ0) is 12.3. The Morgan fingerprint density at radius 3 is 2.94 bits per heavy atom. The van der Waals surface area contributed by atoms with Crippen LogP contribution < -0.4 is 10.6 Å². The monoisotopic (exact) mass is 344 g/mol. The van der Waals surface area contributed by atoms with Crippen molar-refractivity contribution >= 4 is 34.0 Å². The van der Waals surface area contributed by atoms with Gasteiger partial charge in [-0.2, -0.15) is 0 Å². The maximum absolute atomic E-state index is 6.16. The molecule has 0 saturated carbocycles. The first-order valence-electron chi connectivity index (χ1n) is 6.54. The largest absolute Gasteiger partial charge is 0.397 e. The minimum atomic E-state index is 0.691. The summed E-state index contributed by atoms with van der Waals surface area (Å²) >= 11 is 2.32. The molecule has 2 rings (SSSR count). The second kappa shape index (κ2) is 5.94. The van der Waals surface area contributed by atoms with E-state index in [4.69, 9.17) is 5.73 Å². The van der Waals surface area contributed by atoms with Crippen LogP contribution >= 0.6 is 22.6 Å². The van der Waals surface area contributed by atoms with Gasteiger partial charge < -0.3 is 10.6 Å². The first-order valence-corrected chi connectivity index (χ1v) is 7.62. The predicted molar refractivity (Wildman–Crippen MR) is 83.5 cm³/mol. The second-order valence-electron chi connectivity index (χ2n) is 4.83. The van der Waals surface area contributed by atoms with Crippen LogP contribution in [0.2, 0.25) is 0 Å². The van der Waals surface area contributed by atoms with Crippen LogP contribution in [0.5, 0.6) is 0 Å². The van der Waals surface area contributed by atoms with E-state index in [1.165, 1.54) is 41.4 Å². The van der Waals surface area contributed by atoms with Gasteiger partial charge in [0.1, 0.15) is 0 Å². The highest BCUT2D eigenvalue weighted by Gasteiger charge is 2.23. The lowest BCUT2D eigenvalue weighted by atomic mass is 9.97. The van der Waals surface area contributed by atoms with E-state index in [0.29, 0.717) is 6.04 Å². The lowest BCUT2D eigenvalue weighted by molar-refractivity contribution is 0.435. The Labute approximate surface area is 118 Å². The molecule has 0 spiro atoms. The summed E-state index contributed by atoms with van der Waals surface area (Å²) in [5.41, 5.74) is 8.33.